The lowest BCUT2D eigenvalue weighted by molar-refractivity contribution is -0.146. The molecule has 2 heterocycles. The molecule has 3 unspecified atom stereocenters. The summed E-state index contributed by atoms with van der Waals surface area (Å²) in [7, 11) is 0. The van der Waals surface area contributed by atoms with Gasteiger partial charge >= 0.3 is 0 Å². The summed E-state index contributed by atoms with van der Waals surface area (Å²) in [6.07, 6.45) is 8.33. The van der Waals surface area contributed by atoms with Gasteiger partial charge in [-0.15, -0.1) is 0 Å². The summed E-state index contributed by atoms with van der Waals surface area (Å²) in [5, 5.41) is 3.53. The van der Waals surface area contributed by atoms with Crippen molar-refractivity contribution in [3.8, 4) is 0 Å². The van der Waals surface area contributed by atoms with Crippen LogP contribution in [-0.4, -0.2) is 59.4 Å². The van der Waals surface area contributed by atoms with Crippen LogP contribution >= 0.6 is 0 Å². The molecule has 4 aliphatic rings. The number of nitrogens with one attached hydrogen (secondary N) is 1. The molecule has 5 heteroatoms. The first-order valence-electron chi connectivity index (χ1n) is 8.56. The zero-order chi connectivity index (χ0) is 14.4. The molecule has 0 spiro atoms. The van der Waals surface area contributed by atoms with E-state index in [1.165, 1.54) is 25.7 Å². The van der Waals surface area contributed by atoms with Crippen molar-refractivity contribution in [1.82, 2.24) is 15.1 Å². The van der Waals surface area contributed by atoms with Crippen LogP contribution in [0.1, 0.15) is 44.9 Å². The summed E-state index contributed by atoms with van der Waals surface area (Å²) in [6, 6.07) is 0.969. The standard InChI is InChI=1S/C16H25N3O2/c20-15-10-18(7-8-19(15)12-5-6-12)16(21)14-9-11-3-1-2-4-13(11)17-14/h11-14,17H,1-10H2. The lowest BCUT2D eigenvalue weighted by Crippen LogP contribution is -2.56. The first-order chi connectivity index (χ1) is 10.2. The third-order valence-corrected chi connectivity index (χ3v) is 5.72. The number of piperazine rings is 1. The topological polar surface area (TPSA) is 52.7 Å². The van der Waals surface area contributed by atoms with Gasteiger partial charge in [-0.1, -0.05) is 12.8 Å². The van der Waals surface area contributed by atoms with Crippen LogP contribution in [0.4, 0.5) is 0 Å². The molecular formula is C16H25N3O2. The van der Waals surface area contributed by atoms with Gasteiger partial charge in [0.15, 0.2) is 0 Å². The van der Waals surface area contributed by atoms with Crippen LogP contribution in [0.3, 0.4) is 0 Å². The third-order valence-electron chi connectivity index (χ3n) is 5.72. The van der Waals surface area contributed by atoms with Gasteiger partial charge in [0.05, 0.1) is 12.6 Å². The lowest BCUT2D eigenvalue weighted by Gasteiger charge is -2.35. The minimum Gasteiger partial charge on any atom is -0.336 e. The molecule has 21 heavy (non-hydrogen) atoms. The highest BCUT2D eigenvalue weighted by Crippen LogP contribution is 2.34. The largest absolute Gasteiger partial charge is 0.336 e. The summed E-state index contributed by atoms with van der Waals surface area (Å²) in [5.41, 5.74) is 0. The van der Waals surface area contributed by atoms with Gasteiger partial charge in [0.25, 0.3) is 0 Å². The smallest absolute Gasteiger partial charge is 0.242 e. The van der Waals surface area contributed by atoms with E-state index in [0.717, 1.165) is 25.8 Å². The van der Waals surface area contributed by atoms with E-state index in [1.807, 2.05) is 4.90 Å². The molecule has 1 N–H and O–H groups in total. The maximum Gasteiger partial charge on any atom is 0.242 e. The van der Waals surface area contributed by atoms with Crippen molar-refractivity contribution in [3.05, 3.63) is 0 Å². The van der Waals surface area contributed by atoms with Gasteiger partial charge < -0.3 is 15.1 Å². The summed E-state index contributed by atoms with van der Waals surface area (Å²) in [4.78, 5) is 28.6. The number of hydrogen-bond donors (Lipinski definition) is 1. The van der Waals surface area contributed by atoms with E-state index in [4.69, 9.17) is 0 Å². The van der Waals surface area contributed by atoms with Crippen molar-refractivity contribution >= 4 is 11.8 Å². The molecule has 2 saturated heterocycles. The van der Waals surface area contributed by atoms with Crippen molar-refractivity contribution in [2.24, 2.45) is 5.92 Å². The van der Waals surface area contributed by atoms with Gasteiger partial charge in [-0.25, -0.2) is 0 Å². The molecule has 4 fully saturated rings. The van der Waals surface area contributed by atoms with Crippen molar-refractivity contribution < 1.29 is 9.59 Å². The fourth-order valence-electron chi connectivity index (χ4n) is 4.38. The highest BCUT2D eigenvalue weighted by molar-refractivity contribution is 5.89. The Kier molecular flexibility index (Phi) is 3.40. The molecule has 3 atom stereocenters. The maximum absolute atomic E-state index is 12.7. The van der Waals surface area contributed by atoms with E-state index >= 15 is 0 Å². The van der Waals surface area contributed by atoms with E-state index in [1.54, 1.807) is 4.90 Å². The molecule has 2 aliphatic carbocycles. The Labute approximate surface area is 126 Å². The molecule has 5 nitrogen and oxygen atoms in total. The second-order valence-electron chi connectivity index (χ2n) is 7.18. The number of carbonyl (C=O) groups is 2. The summed E-state index contributed by atoms with van der Waals surface area (Å²) in [5.74, 6) is 0.983. The zero-order valence-corrected chi connectivity index (χ0v) is 12.6. The van der Waals surface area contributed by atoms with Gasteiger partial charge in [0.1, 0.15) is 0 Å². The molecular weight excluding hydrogens is 266 g/mol. The van der Waals surface area contributed by atoms with Gasteiger partial charge in [-0.05, 0) is 38.0 Å². The molecule has 0 aromatic rings. The number of hydrogen-bond acceptors (Lipinski definition) is 3. The second kappa shape index (κ2) is 5.27. The van der Waals surface area contributed by atoms with E-state index in [9.17, 15) is 9.59 Å². The quantitative estimate of drug-likeness (QED) is 0.816. The predicted molar refractivity (Wildman–Crippen MR) is 78.6 cm³/mol. The fourth-order valence-corrected chi connectivity index (χ4v) is 4.38. The summed E-state index contributed by atoms with van der Waals surface area (Å²) < 4.78 is 0. The number of fused-ring (bicyclic) bond motifs is 1. The Bertz CT molecular complexity index is 435. The average Bonchev–Trinajstić information content (AvgIpc) is 3.24. The molecule has 116 valence electrons. The van der Waals surface area contributed by atoms with Crippen LogP contribution < -0.4 is 5.32 Å². The lowest BCUT2D eigenvalue weighted by atomic mass is 9.85. The van der Waals surface area contributed by atoms with E-state index in [-0.39, 0.29) is 17.9 Å². The Morgan fingerprint density at radius 2 is 1.90 bits per heavy atom. The molecule has 2 saturated carbocycles. The van der Waals surface area contributed by atoms with Crippen LogP contribution in [0.15, 0.2) is 0 Å². The molecule has 4 rings (SSSR count). The highest BCUT2D eigenvalue weighted by Gasteiger charge is 2.42. The highest BCUT2D eigenvalue weighted by atomic mass is 16.2. The number of amides is 2. The maximum atomic E-state index is 12.7. The van der Waals surface area contributed by atoms with E-state index in [2.05, 4.69) is 5.32 Å². The van der Waals surface area contributed by atoms with Crippen molar-refractivity contribution in [2.45, 2.75) is 63.1 Å². The first kappa shape index (κ1) is 13.6. The van der Waals surface area contributed by atoms with Crippen molar-refractivity contribution in [2.75, 3.05) is 19.6 Å². The Morgan fingerprint density at radius 3 is 2.62 bits per heavy atom. The zero-order valence-electron chi connectivity index (χ0n) is 12.6. The van der Waals surface area contributed by atoms with Gasteiger partial charge in [0, 0.05) is 25.2 Å². The van der Waals surface area contributed by atoms with Crippen LogP contribution in [-0.2, 0) is 9.59 Å². The minimum atomic E-state index is -0.0432. The van der Waals surface area contributed by atoms with Gasteiger partial charge in [-0.2, -0.15) is 0 Å². The average molecular weight is 291 g/mol. The summed E-state index contributed by atoms with van der Waals surface area (Å²) >= 11 is 0. The second-order valence-corrected chi connectivity index (χ2v) is 7.18. The van der Waals surface area contributed by atoms with Crippen molar-refractivity contribution in [3.63, 3.8) is 0 Å². The Morgan fingerprint density at radius 1 is 1.10 bits per heavy atom. The van der Waals surface area contributed by atoms with Crippen LogP contribution in [0.2, 0.25) is 0 Å². The third kappa shape index (κ3) is 2.56. The molecule has 0 radical (unpaired) electrons. The molecule has 0 bridgehead atoms. The Hall–Kier alpha value is -1.10. The Balaban J connectivity index is 1.36. The number of carbonyl (C=O) groups excluding carboxylic acids is 2. The van der Waals surface area contributed by atoms with Gasteiger partial charge in [-0.3, -0.25) is 9.59 Å². The van der Waals surface area contributed by atoms with Crippen LogP contribution in [0.5, 0.6) is 0 Å². The number of nitrogens with zero attached hydrogens (tertiary/aromatic N) is 2. The fraction of sp³-hybridized carbons (Fsp3) is 0.875. The number of rotatable bonds is 2. The summed E-state index contributed by atoms with van der Waals surface area (Å²) in [6.45, 7) is 1.74. The molecule has 2 aliphatic heterocycles. The van der Waals surface area contributed by atoms with Crippen LogP contribution in [0, 0.1) is 5.92 Å². The van der Waals surface area contributed by atoms with E-state index in [0.29, 0.717) is 31.1 Å². The molecule has 2 amide bonds. The van der Waals surface area contributed by atoms with Crippen LogP contribution in [0.25, 0.3) is 0 Å². The van der Waals surface area contributed by atoms with Crippen molar-refractivity contribution in [1.29, 1.82) is 0 Å². The first-order valence-corrected chi connectivity index (χ1v) is 8.56. The normalized spacial score (nSPS) is 36.8. The predicted octanol–water partition coefficient (Wildman–Crippen LogP) is 0.740. The minimum absolute atomic E-state index is 0.0432. The van der Waals surface area contributed by atoms with E-state index < -0.39 is 0 Å². The molecule has 0 aromatic heterocycles. The monoisotopic (exact) mass is 291 g/mol. The molecule has 0 aromatic carbocycles. The SMILES string of the molecule is O=C(C1CC2CCCCC2N1)N1CCN(C2CC2)C(=O)C1. The van der Waals surface area contributed by atoms with Gasteiger partial charge in [0.2, 0.25) is 11.8 Å².